The summed E-state index contributed by atoms with van der Waals surface area (Å²) in [5, 5.41) is 3.43. The van der Waals surface area contributed by atoms with Crippen molar-refractivity contribution in [2.24, 2.45) is 0 Å². The molecule has 0 saturated heterocycles. The average Bonchev–Trinajstić information content (AvgIpc) is 2.55. The zero-order chi connectivity index (χ0) is 15.1. The third-order valence-electron chi connectivity index (χ3n) is 3.59. The van der Waals surface area contributed by atoms with Crippen LogP contribution >= 0.6 is 0 Å². The lowest BCUT2D eigenvalue weighted by Gasteiger charge is -2.15. The van der Waals surface area contributed by atoms with Crippen molar-refractivity contribution in [2.75, 3.05) is 27.4 Å². The number of rotatable bonds is 7. The van der Waals surface area contributed by atoms with Crippen molar-refractivity contribution in [3.8, 4) is 16.9 Å². The minimum absolute atomic E-state index is 0.312. The highest BCUT2D eigenvalue weighted by molar-refractivity contribution is 5.70. The van der Waals surface area contributed by atoms with Gasteiger partial charge in [0.05, 0.1) is 13.7 Å². The summed E-state index contributed by atoms with van der Waals surface area (Å²) in [4.78, 5) is 0. The van der Waals surface area contributed by atoms with Crippen molar-refractivity contribution >= 4 is 0 Å². The van der Waals surface area contributed by atoms with E-state index in [9.17, 15) is 0 Å². The Balaban J connectivity index is 2.11. The van der Waals surface area contributed by atoms with Gasteiger partial charge in [-0.3, -0.25) is 0 Å². The quantitative estimate of drug-likeness (QED) is 0.788. The molecule has 2 aromatic rings. The zero-order valence-corrected chi connectivity index (χ0v) is 12.9. The molecule has 3 heteroatoms. The van der Waals surface area contributed by atoms with Crippen LogP contribution in [0.5, 0.6) is 5.75 Å². The molecule has 0 aromatic heterocycles. The Morgan fingerprint density at radius 2 is 1.71 bits per heavy atom. The Morgan fingerprint density at radius 3 is 2.38 bits per heavy atom. The Hall–Kier alpha value is -1.84. The lowest BCUT2D eigenvalue weighted by atomic mass is 10.0. The van der Waals surface area contributed by atoms with Crippen molar-refractivity contribution in [3.63, 3.8) is 0 Å². The summed E-state index contributed by atoms with van der Waals surface area (Å²) < 4.78 is 10.5. The average molecular weight is 285 g/mol. The second kappa shape index (κ2) is 7.81. The third kappa shape index (κ3) is 4.06. The first kappa shape index (κ1) is 15.5. The van der Waals surface area contributed by atoms with E-state index in [2.05, 4.69) is 42.6 Å². The maximum Gasteiger partial charge on any atom is 0.126 e. The van der Waals surface area contributed by atoms with Crippen LogP contribution in [0, 0.1) is 0 Å². The van der Waals surface area contributed by atoms with Crippen molar-refractivity contribution in [1.29, 1.82) is 0 Å². The summed E-state index contributed by atoms with van der Waals surface area (Å²) in [7, 11) is 3.42. The number of hydrogen-bond acceptors (Lipinski definition) is 3. The first-order valence-corrected chi connectivity index (χ1v) is 7.22. The van der Waals surface area contributed by atoms with Crippen molar-refractivity contribution in [1.82, 2.24) is 5.32 Å². The van der Waals surface area contributed by atoms with Crippen molar-refractivity contribution in [2.45, 2.75) is 13.0 Å². The van der Waals surface area contributed by atoms with Crippen molar-refractivity contribution < 1.29 is 9.47 Å². The van der Waals surface area contributed by atoms with Crippen LogP contribution < -0.4 is 10.1 Å². The summed E-state index contributed by atoms with van der Waals surface area (Å²) in [6, 6.07) is 17.0. The molecule has 2 aromatic carbocycles. The molecule has 0 heterocycles. The monoisotopic (exact) mass is 285 g/mol. The van der Waals surface area contributed by atoms with E-state index >= 15 is 0 Å². The first-order valence-electron chi connectivity index (χ1n) is 7.22. The Labute approximate surface area is 126 Å². The van der Waals surface area contributed by atoms with Gasteiger partial charge in [0.1, 0.15) is 5.75 Å². The summed E-state index contributed by atoms with van der Waals surface area (Å²) in [5.41, 5.74) is 3.55. The standard InChI is InChI=1S/C18H23NO2/c1-14(19-12-13-20-2)15-8-10-16(11-9-15)17-6-4-5-7-18(17)21-3/h4-11,14,19H,12-13H2,1-3H3. The Morgan fingerprint density at radius 1 is 1.00 bits per heavy atom. The van der Waals surface area contributed by atoms with Gasteiger partial charge in [-0.05, 0) is 24.1 Å². The van der Waals surface area contributed by atoms with Crippen LogP contribution in [0.4, 0.5) is 0 Å². The van der Waals surface area contributed by atoms with E-state index in [-0.39, 0.29) is 0 Å². The highest BCUT2D eigenvalue weighted by atomic mass is 16.5. The predicted octanol–water partition coefficient (Wildman–Crippen LogP) is 3.66. The van der Waals surface area contributed by atoms with Crippen LogP contribution in [-0.2, 0) is 4.74 Å². The molecule has 0 bridgehead atoms. The molecule has 1 atom stereocenters. The van der Waals surface area contributed by atoms with Crippen molar-refractivity contribution in [3.05, 3.63) is 54.1 Å². The maximum absolute atomic E-state index is 5.42. The molecular weight excluding hydrogens is 262 g/mol. The van der Waals surface area contributed by atoms with Crippen LogP contribution in [0.2, 0.25) is 0 Å². The number of ether oxygens (including phenoxy) is 2. The van der Waals surface area contributed by atoms with E-state index < -0.39 is 0 Å². The van der Waals surface area contributed by atoms with Gasteiger partial charge in [0.25, 0.3) is 0 Å². The number of methoxy groups -OCH3 is 2. The van der Waals surface area contributed by atoms with Crippen LogP contribution in [-0.4, -0.2) is 27.4 Å². The fourth-order valence-electron chi connectivity index (χ4n) is 2.33. The minimum atomic E-state index is 0.312. The van der Waals surface area contributed by atoms with E-state index in [1.54, 1.807) is 14.2 Å². The SMILES string of the molecule is COCCNC(C)c1ccc(-c2ccccc2OC)cc1. The topological polar surface area (TPSA) is 30.5 Å². The Kier molecular flexibility index (Phi) is 5.78. The molecule has 0 fully saturated rings. The summed E-state index contributed by atoms with van der Waals surface area (Å²) in [6.07, 6.45) is 0. The molecule has 0 saturated carbocycles. The number of benzene rings is 2. The van der Waals surface area contributed by atoms with E-state index in [1.165, 1.54) is 11.1 Å². The molecule has 0 radical (unpaired) electrons. The van der Waals surface area contributed by atoms with E-state index in [4.69, 9.17) is 9.47 Å². The van der Waals surface area contributed by atoms with Crippen LogP contribution in [0.3, 0.4) is 0 Å². The smallest absolute Gasteiger partial charge is 0.126 e. The lowest BCUT2D eigenvalue weighted by molar-refractivity contribution is 0.196. The fourth-order valence-corrected chi connectivity index (χ4v) is 2.33. The second-order valence-electron chi connectivity index (χ2n) is 4.99. The zero-order valence-electron chi connectivity index (χ0n) is 12.9. The van der Waals surface area contributed by atoms with Gasteiger partial charge < -0.3 is 14.8 Å². The van der Waals surface area contributed by atoms with Crippen LogP contribution in [0.15, 0.2) is 48.5 Å². The molecule has 0 aliphatic heterocycles. The highest BCUT2D eigenvalue weighted by Crippen LogP contribution is 2.30. The lowest BCUT2D eigenvalue weighted by Crippen LogP contribution is -2.22. The van der Waals surface area contributed by atoms with E-state index in [1.807, 2.05) is 18.2 Å². The van der Waals surface area contributed by atoms with Gasteiger partial charge in [-0.25, -0.2) is 0 Å². The number of nitrogens with one attached hydrogen (secondary N) is 1. The summed E-state index contributed by atoms with van der Waals surface area (Å²) in [6.45, 7) is 3.74. The minimum Gasteiger partial charge on any atom is -0.496 e. The van der Waals surface area contributed by atoms with Gasteiger partial charge in [0, 0.05) is 25.3 Å². The highest BCUT2D eigenvalue weighted by Gasteiger charge is 2.07. The van der Waals surface area contributed by atoms with Gasteiger partial charge in [-0.1, -0.05) is 42.5 Å². The molecule has 0 aliphatic rings. The van der Waals surface area contributed by atoms with Gasteiger partial charge in [0.2, 0.25) is 0 Å². The molecule has 112 valence electrons. The fraction of sp³-hybridized carbons (Fsp3) is 0.333. The molecule has 0 spiro atoms. The van der Waals surface area contributed by atoms with Gasteiger partial charge >= 0.3 is 0 Å². The van der Waals surface area contributed by atoms with Crippen LogP contribution in [0.25, 0.3) is 11.1 Å². The van der Waals surface area contributed by atoms with Gasteiger partial charge in [-0.15, -0.1) is 0 Å². The predicted molar refractivity (Wildman–Crippen MR) is 86.7 cm³/mol. The second-order valence-corrected chi connectivity index (χ2v) is 4.99. The summed E-state index contributed by atoms with van der Waals surface area (Å²) >= 11 is 0. The molecule has 3 nitrogen and oxygen atoms in total. The van der Waals surface area contributed by atoms with Gasteiger partial charge in [0.15, 0.2) is 0 Å². The Bertz CT molecular complexity index is 551. The molecule has 0 amide bonds. The normalized spacial score (nSPS) is 12.1. The van der Waals surface area contributed by atoms with Crippen LogP contribution in [0.1, 0.15) is 18.5 Å². The molecule has 1 unspecified atom stereocenters. The number of para-hydroxylation sites is 1. The molecule has 1 N–H and O–H groups in total. The maximum atomic E-state index is 5.42. The molecule has 0 aliphatic carbocycles. The summed E-state index contributed by atoms with van der Waals surface area (Å²) in [5.74, 6) is 0.900. The first-order chi connectivity index (χ1) is 10.3. The molecule has 21 heavy (non-hydrogen) atoms. The largest absolute Gasteiger partial charge is 0.496 e. The van der Waals surface area contributed by atoms with Gasteiger partial charge in [-0.2, -0.15) is 0 Å². The van der Waals surface area contributed by atoms with E-state index in [0.29, 0.717) is 6.04 Å². The molecule has 2 rings (SSSR count). The van der Waals surface area contributed by atoms with E-state index in [0.717, 1.165) is 24.5 Å². The third-order valence-corrected chi connectivity index (χ3v) is 3.59. The number of hydrogen-bond donors (Lipinski definition) is 1. The molecular formula is C18H23NO2.